The first-order chi connectivity index (χ1) is 14.4. The lowest BCUT2D eigenvalue weighted by Gasteiger charge is -2.21. The van der Waals surface area contributed by atoms with Crippen molar-refractivity contribution in [3.63, 3.8) is 0 Å². The first-order valence-corrected chi connectivity index (χ1v) is 12.8. The van der Waals surface area contributed by atoms with Gasteiger partial charge in [-0.15, -0.1) is 0 Å². The zero-order chi connectivity index (χ0) is 21.8. The third-order valence-electron chi connectivity index (χ3n) is 5.77. The van der Waals surface area contributed by atoms with E-state index in [1.165, 1.54) is 11.8 Å². The number of fused-ring (bicyclic) bond motifs is 1. The fraction of sp³-hybridized carbons (Fsp3) is 0.522. The Balaban J connectivity index is 1.96. The van der Waals surface area contributed by atoms with Gasteiger partial charge in [0, 0.05) is 23.1 Å². The molecule has 1 aromatic rings. The monoisotopic (exact) mass is 508 g/mol. The summed E-state index contributed by atoms with van der Waals surface area (Å²) in [5.41, 5.74) is 2.21. The molecule has 3 rings (SSSR count). The standard InChI is InChI=1S/C23H29BrN2O2S2/c1-4-7-9-15(6-3)14-26-22(28)20(30-23(26)29)19-17-13-16(24)10-11-18(17)25(21(19)27)12-8-5-2/h10-11,13,15H,4-9,12,14H2,1-3H3/b20-19-/t15-/m1/s1. The number of hydrogen-bond acceptors (Lipinski definition) is 4. The molecule has 4 nitrogen and oxygen atoms in total. The Labute approximate surface area is 197 Å². The number of benzene rings is 1. The maximum atomic E-state index is 13.4. The summed E-state index contributed by atoms with van der Waals surface area (Å²) in [7, 11) is 0. The highest BCUT2D eigenvalue weighted by atomic mass is 79.9. The fourth-order valence-electron chi connectivity index (χ4n) is 3.94. The first kappa shape index (κ1) is 23.5. The van der Waals surface area contributed by atoms with Crippen LogP contribution in [0, 0.1) is 5.92 Å². The van der Waals surface area contributed by atoms with Gasteiger partial charge in [0.25, 0.3) is 11.8 Å². The molecule has 1 saturated heterocycles. The molecule has 0 saturated carbocycles. The van der Waals surface area contributed by atoms with Crippen LogP contribution in [0.5, 0.6) is 0 Å². The van der Waals surface area contributed by atoms with Gasteiger partial charge in [0.15, 0.2) is 0 Å². The van der Waals surface area contributed by atoms with Crippen LogP contribution in [0.1, 0.15) is 64.9 Å². The Bertz CT molecular complexity index is 884. The zero-order valence-electron chi connectivity index (χ0n) is 17.9. The van der Waals surface area contributed by atoms with Crippen molar-refractivity contribution in [2.75, 3.05) is 18.0 Å². The fourth-order valence-corrected chi connectivity index (χ4v) is 5.65. The molecule has 2 amide bonds. The number of thiocarbonyl (C=S) groups is 1. The number of carbonyl (C=O) groups excluding carboxylic acids is 2. The van der Waals surface area contributed by atoms with E-state index in [9.17, 15) is 9.59 Å². The topological polar surface area (TPSA) is 40.6 Å². The van der Waals surface area contributed by atoms with Gasteiger partial charge in [-0.2, -0.15) is 0 Å². The minimum atomic E-state index is -0.119. The Hall–Kier alpha value is -1.18. The molecule has 0 aromatic heterocycles. The lowest BCUT2D eigenvalue weighted by Crippen LogP contribution is -2.33. The van der Waals surface area contributed by atoms with Crippen LogP contribution in [0.15, 0.2) is 27.6 Å². The Morgan fingerprint density at radius 1 is 1.07 bits per heavy atom. The van der Waals surface area contributed by atoms with Crippen LogP contribution >= 0.6 is 39.9 Å². The Morgan fingerprint density at radius 3 is 2.47 bits per heavy atom. The number of amides is 2. The van der Waals surface area contributed by atoms with E-state index >= 15 is 0 Å². The van der Waals surface area contributed by atoms with Crippen LogP contribution in [0.2, 0.25) is 0 Å². The molecular weight excluding hydrogens is 480 g/mol. The van der Waals surface area contributed by atoms with Crippen molar-refractivity contribution in [2.24, 2.45) is 5.92 Å². The normalized spacial score (nSPS) is 19.8. The SMILES string of the molecule is CCCC[C@@H](CC)CN1C(=O)/C(=C2/C(=O)N(CCCC)c3ccc(Br)cc32)SC1=S. The van der Waals surface area contributed by atoms with Crippen molar-refractivity contribution in [1.29, 1.82) is 0 Å². The molecule has 2 aliphatic rings. The van der Waals surface area contributed by atoms with Gasteiger partial charge in [-0.1, -0.05) is 86.4 Å². The Morgan fingerprint density at radius 2 is 1.80 bits per heavy atom. The second kappa shape index (κ2) is 10.4. The number of rotatable bonds is 9. The molecule has 0 radical (unpaired) electrons. The van der Waals surface area contributed by atoms with Crippen molar-refractivity contribution in [1.82, 2.24) is 4.90 Å². The summed E-state index contributed by atoms with van der Waals surface area (Å²) in [6.45, 7) is 7.75. The largest absolute Gasteiger partial charge is 0.308 e. The molecular formula is C23H29BrN2O2S2. The quantitative estimate of drug-likeness (QED) is 0.286. The predicted molar refractivity (Wildman–Crippen MR) is 134 cm³/mol. The molecule has 30 heavy (non-hydrogen) atoms. The van der Waals surface area contributed by atoms with Crippen LogP contribution in [0.3, 0.4) is 0 Å². The third kappa shape index (κ3) is 4.68. The molecule has 7 heteroatoms. The minimum Gasteiger partial charge on any atom is -0.308 e. The molecule has 0 aliphatic carbocycles. The van der Waals surface area contributed by atoms with Crippen molar-refractivity contribution in [2.45, 2.75) is 59.3 Å². The molecule has 0 N–H and O–H groups in total. The lowest BCUT2D eigenvalue weighted by atomic mass is 9.98. The number of nitrogens with zero attached hydrogens (tertiary/aromatic N) is 2. The molecule has 0 spiro atoms. The van der Waals surface area contributed by atoms with Crippen LogP contribution in [0.25, 0.3) is 5.57 Å². The highest BCUT2D eigenvalue weighted by molar-refractivity contribution is 9.10. The van der Waals surface area contributed by atoms with Crippen LogP contribution in [0.4, 0.5) is 5.69 Å². The number of anilines is 1. The summed E-state index contributed by atoms with van der Waals surface area (Å²) in [5, 5.41) is 0. The summed E-state index contributed by atoms with van der Waals surface area (Å²) < 4.78 is 1.46. The average Bonchev–Trinajstić information content (AvgIpc) is 3.15. The zero-order valence-corrected chi connectivity index (χ0v) is 21.1. The molecule has 2 aliphatic heterocycles. The van der Waals surface area contributed by atoms with E-state index in [1.807, 2.05) is 23.1 Å². The number of thioether (sulfide) groups is 1. The summed E-state index contributed by atoms with van der Waals surface area (Å²) in [5.74, 6) is 0.222. The summed E-state index contributed by atoms with van der Waals surface area (Å²) in [4.78, 5) is 30.7. The molecule has 2 heterocycles. The first-order valence-electron chi connectivity index (χ1n) is 10.8. The van der Waals surface area contributed by atoms with Gasteiger partial charge in [-0.05, 0) is 37.0 Å². The maximum absolute atomic E-state index is 13.4. The summed E-state index contributed by atoms with van der Waals surface area (Å²) in [6.07, 6.45) is 6.33. The van der Waals surface area contributed by atoms with E-state index in [0.717, 1.165) is 54.2 Å². The van der Waals surface area contributed by atoms with E-state index in [4.69, 9.17) is 12.2 Å². The molecule has 0 unspecified atom stereocenters. The van der Waals surface area contributed by atoms with Gasteiger partial charge in [-0.3, -0.25) is 14.5 Å². The molecule has 1 atom stereocenters. The van der Waals surface area contributed by atoms with Gasteiger partial charge in [0.2, 0.25) is 0 Å². The molecule has 1 aromatic carbocycles. The van der Waals surface area contributed by atoms with E-state index in [0.29, 0.717) is 33.8 Å². The van der Waals surface area contributed by atoms with E-state index < -0.39 is 0 Å². The van der Waals surface area contributed by atoms with Gasteiger partial charge < -0.3 is 4.90 Å². The van der Waals surface area contributed by atoms with Crippen LogP contribution in [-0.2, 0) is 9.59 Å². The highest BCUT2D eigenvalue weighted by Gasteiger charge is 2.42. The summed E-state index contributed by atoms with van der Waals surface area (Å²) in [6, 6.07) is 5.84. The van der Waals surface area contributed by atoms with E-state index in [2.05, 4.69) is 36.7 Å². The van der Waals surface area contributed by atoms with Crippen molar-refractivity contribution in [3.8, 4) is 0 Å². The second-order valence-corrected chi connectivity index (χ2v) is 10.4. The number of carbonyl (C=O) groups is 2. The van der Waals surface area contributed by atoms with E-state index in [-0.39, 0.29) is 11.8 Å². The van der Waals surface area contributed by atoms with Gasteiger partial charge in [0.1, 0.15) is 4.32 Å². The highest BCUT2D eigenvalue weighted by Crippen LogP contribution is 2.45. The average molecular weight is 510 g/mol. The van der Waals surface area contributed by atoms with Gasteiger partial charge >= 0.3 is 0 Å². The predicted octanol–water partition coefficient (Wildman–Crippen LogP) is 6.38. The number of halogens is 1. The molecule has 1 fully saturated rings. The second-order valence-electron chi connectivity index (χ2n) is 7.88. The van der Waals surface area contributed by atoms with E-state index in [1.54, 1.807) is 4.90 Å². The van der Waals surface area contributed by atoms with Crippen LogP contribution in [-0.4, -0.2) is 34.1 Å². The number of unbranched alkanes of at least 4 members (excludes halogenated alkanes) is 2. The van der Waals surface area contributed by atoms with Crippen molar-refractivity contribution < 1.29 is 9.59 Å². The maximum Gasteiger partial charge on any atom is 0.267 e. The Kier molecular flexibility index (Phi) is 8.16. The lowest BCUT2D eigenvalue weighted by molar-refractivity contribution is -0.123. The molecule has 162 valence electrons. The third-order valence-corrected chi connectivity index (χ3v) is 7.71. The summed E-state index contributed by atoms with van der Waals surface area (Å²) >= 11 is 10.4. The smallest absolute Gasteiger partial charge is 0.267 e. The number of hydrogen-bond donors (Lipinski definition) is 0. The minimum absolute atomic E-state index is 0.0879. The van der Waals surface area contributed by atoms with Crippen LogP contribution < -0.4 is 4.90 Å². The molecule has 0 bridgehead atoms. The van der Waals surface area contributed by atoms with Gasteiger partial charge in [0.05, 0.1) is 16.2 Å². The van der Waals surface area contributed by atoms with Crippen molar-refractivity contribution in [3.05, 3.63) is 33.1 Å². The van der Waals surface area contributed by atoms with Gasteiger partial charge in [-0.25, -0.2) is 0 Å². The van der Waals surface area contributed by atoms with Crippen molar-refractivity contribution >= 4 is 67.3 Å².